The molecule has 0 N–H and O–H groups in total. The van der Waals surface area contributed by atoms with Gasteiger partial charge in [0.1, 0.15) is 0 Å². The van der Waals surface area contributed by atoms with Crippen molar-refractivity contribution in [2.45, 2.75) is 6.92 Å². The van der Waals surface area contributed by atoms with Crippen LogP contribution in [0, 0.1) is 0 Å². The van der Waals surface area contributed by atoms with Crippen LogP contribution in [0.3, 0.4) is 0 Å². The van der Waals surface area contributed by atoms with Gasteiger partial charge in [-0.05, 0) is 71.0 Å². The highest BCUT2D eigenvalue weighted by Gasteiger charge is 2.36. The van der Waals surface area contributed by atoms with Crippen LogP contribution in [0.25, 0.3) is 0 Å². The van der Waals surface area contributed by atoms with Gasteiger partial charge in [-0.15, -0.1) is 0 Å². The minimum atomic E-state index is -0.711. The first-order chi connectivity index (χ1) is 15.3. The Morgan fingerprint density at radius 3 is 2.44 bits per heavy atom. The number of methoxy groups -OCH3 is 1. The molecule has 2 aromatic carbocycles. The van der Waals surface area contributed by atoms with Crippen LogP contribution in [-0.2, 0) is 19.1 Å². The van der Waals surface area contributed by atoms with Gasteiger partial charge in [0.25, 0.3) is 11.8 Å². The van der Waals surface area contributed by atoms with E-state index in [1.807, 2.05) is 0 Å². The van der Waals surface area contributed by atoms with E-state index < -0.39 is 23.8 Å². The van der Waals surface area contributed by atoms with E-state index in [9.17, 15) is 19.2 Å². The molecule has 10 heteroatoms. The molecule has 0 bridgehead atoms. The highest BCUT2D eigenvalue weighted by Crippen LogP contribution is 2.35. The van der Waals surface area contributed by atoms with Crippen LogP contribution in [-0.4, -0.2) is 42.6 Å². The minimum Gasteiger partial charge on any atom is -0.466 e. The van der Waals surface area contributed by atoms with Gasteiger partial charge < -0.3 is 9.47 Å². The number of aliphatic imine (C=N–C) groups is 1. The van der Waals surface area contributed by atoms with Crippen molar-refractivity contribution >= 4 is 62.3 Å². The Balaban J connectivity index is 2.01. The van der Waals surface area contributed by atoms with Crippen molar-refractivity contribution in [2.75, 3.05) is 18.6 Å². The summed E-state index contributed by atoms with van der Waals surface area (Å²) >= 11 is 4.18. The summed E-state index contributed by atoms with van der Waals surface area (Å²) in [6, 6.07) is 12.8. The second-order valence-electron chi connectivity index (χ2n) is 6.22. The number of carbonyl (C=O) groups is 4. The number of halogens is 1. The van der Waals surface area contributed by atoms with Crippen molar-refractivity contribution in [3.63, 3.8) is 0 Å². The smallest absolute Gasteiger partial charge is 0.338 e. The number of thioether (sulfide) groups is 1. The molecule has 1 aliphatic rings. The van der Waals surface area contributed by atoms with Gasteiger partial charge >= 0.3 is 11.9 Å². The third kappa shape index (κ3) is 5.14. The van der Waals surface area contributed by atoms with Crippen LogP contribution in [0.5, 0.6) is 0 Å². The molecule has 1 heterocycles. The van der Waals surface area contributed by atoms with Crippen LogP contribution < -0.4 is 4.90 Å². The van der Waals surface area contributed by atoms with Crippen molar-refractivity contribution < 1.29 is 28.7 Å². The minimum absolute atomic E-state index is 0.0463. The number of ether oxygens (including phenoxy) is 2. The molecule has 8 nitrogen and oxygen atoms in total. The Bertz CT molecular complexity index is 1140. The lowest BCUT2D eigenvalue weighted by Gasteiger charge is -2.16. The molecule has 0 aliphatic carbocycles. The summed E-state index contributed by atoms with van der Waals surface area (Å²) in [5, 5.41) is 0.0646. The Morgan fingerprint density at radius 2 is 1.81 bits per heavy atom. The number of amidine groups is 1. The molecule has 2 aromatic rings. The Hall–Kier alpha value is -3.24. The number of amides is 2. The molecule has 0 spiro atoms. The summed E-state index contributed by atoms with van der Waals surface area (Å²) in [6.45, 7) is 1.93. The topological polar surface area (TPSA) is 102 Å². The number of esters is 2. The fraction of sp³-hybridized carbons (Fsp3) is 0.136. The van der Waals surface area contributed by atoms with Crippen LogP contribution in [0.15, 0.2) is 69.0 Å². The number of hydrogen-bond donors (Lipinski definition) is 0. The van der Waals surface area contributed by atoms with Gasteiger partial charge in [0.15, 0.2) is 5.17 Å². The highest BCUT2D eigenvalue weighted by atomic mass is 79.9. The second-order valence-corrected chi connectivity index (χ2v) is 8.08. The molecule has 0 saturated carbocycles. The zero-order valence-electron chi connectivity index (χ0n) is 17.0. The van der Waals surface area contributed by atoms with Crippen LogP contribution in [0.1, 0.15) is 27.6 Å². The summed E-state index contributed by atoms with van der Waals surface area (Å²) in [7, 11) is 1.20. The van der Waals surface area contributed by atoms with E-state index >= 15 is 0 Å². The van der Waals surface area contributed by atoms with Gasteiger partial charge in [-0.3, -0.25) is 14.5 Å². The summed E-state index contributed by atoms with van der Waals surface area (Å²) in [4.78, 5) is 54.7. The van der Waals surface area contributed by atoms with E-state index in [0.29, 0.717) is 21.3 Å². The summed E-state index contributed by atoms with van der Waals surface area (Å²) in [5.41, 5.74) is 0.988. The van der Waals surface area contributed by atoms with Crippen LogP contribution in [0.2, 0.25) is 0 Å². The summed E-state index contributed by atoms with van der Waals surface area (Å²) in [5.74, 6) is -2.33. The largest absolute Gasteiger partial charge is 0.466 e. The van der Waals surface area contributed by atoms with Gasteiger partial charge in [0.05, 0.1) is 35.4 Å². The second kappa shape index (κ2) is 10.4. The number of anilines is 1. The molecular formula is C22H17BrN2O6S. The van der Waals surface area contributed by atoms with Crippen molar-refractivity contribution in [2.24, 2.45) is 4.99 Å². The van der Waals surface area contributed by atoms with Gasteiger partial charge in [-0.25, -0.2) is 9.59 Å². The summed E-state index contributed by atoms with van der Waals surface area (Å²) < 4.78 is 10.1. The van der Waals surface area contributed by atoms with Gasteiger partial charge in [-0.2, -0.15) is 4.99 Å². The predicted molar refractivity (Wildman–Crippen MR) is 123 cm³/mol. The number of nitrogens with zero attached hydrogens (tertiary/aromatic N) is 2. The number of rotatable bonds is 5. The first kappa shape index (κ1) is 23.4. The van der Waals surface area contributed by atoms with E-state index in [1.54, 1.807) is 31.2 Å². The Labute approximate surface area is 196 Å². The molecule has 3 rings (SSSR count). The van der Waals surface area contributed by atoms with E-state index in [4.69, 9.17) is 4.74 Å². The fourth-order valence-electron chi connectivity index (χ4n) is 2.69. The lowest BCUT2D eigenvalue weighted by Crippen LogP contribution is -2.29. The summed E-state index contributed by atoms with van der Waals surface area (Å²) in [6.07, 6.45) is 1.04. The van der Waals surface area contributed by atoms with Gasteiger partial charge in [0.2, 0.25) is 0 Å². The average Bonchev–Trinajstić information content (AvgIpc) is 3.08. The van der Waals surface area contributed by atoms with Crippen molar-refractivity contribution in [3.8, 4) is 0 Å². The van der Waals surface area contributed by atoms with Gasteiger partial charge in [-0.1, -0.05) is 12.1 Å². The Kier molecular flexibility index (Phi) is 7.60. The molecule has 0 atom stereocenters. The van der Waals surface area contributed by atoms with E-state index in [1.165, 1.54) is 36.3 Å². The fourth-order valence-corrected chi connectivity index (χ4v) is 4.08. The molecule has 0 radical (unpaired) electrons. The van der Waals surface area contributed by atoms with Crippen LogP contribution in [0.4, 0.5) is 5.69 Å². The first-order valence-electron chi connectivity index (χ1n) is 9.32. The monoisotopic (exact) mass is 516 g/mol. The molecule has 0 unspecified atom stereocenters. The molecule has 164 valence electrons. The van der Waals surface area contributed by atoms with Crippen LogP contribution >= 0.6 is 27.7 Å². The van der Waals surface area contributed by atoms with Crippen molar-refractivity contribution in [1.29, 1.82) is 0 Å². The predicted octanol–water partition coefficient (Wildman–Crippen LogP) is 3.96. The lowest BCUT2D eigenvalue weighted by atomic mass is 10.2. The average molecular weight is 517 g/mol. The standard InChI is InChI=1S/C22H17BrN2O6S/c1-3-31-21(29)13-8-10-14(11-9-13)25-20(28)17(12-18(26)30-2)32-22(25)24-19(27)15-6-4-5-7-16(15)23/h4-12H,3H2,1-2H3/b17-12-,24-22?. The van der Waals surface area contributed by atoms with E-state index in [2.05, 4.69) is 25.7 Å². The normalized spacial score (nSPS) is 15.8. The number of benzene rings is 2. The molecule has 0 aromatic heterocycles. The number of carbonyl (C=O) groups excluding carboxylic acids is 4. The number of hydrogen-bond acceptors (Lipinski definition) is 7. The maximum Gasteiger partial charge on any atom is 0.338 e. The van der Waals surface area contributed by atoms with Gasteiger partial charge in [0, 0.05) is 10.5 Å². The van der Waals surface area contributed by atoms with Crippen molar-refractivity contribution in [1.82, 2.24) is 0 Å². The van der Waals surface area contributed by atoms with E-state index in [0.717, 1.165) is 17.8 Å². The molecule has 32 heavy (non-hydrogen) atoms. The third-order valence-corrected chi connectivity index (χ3v) is 5.85. The molecular weight excluding hydrogens is 500 g/mol. The molecule has 2 amide bonds. The molecule has 1 fully saturated rings. The SMILES string of the molecule is CCOC(=O)c1ccc(N2C(=O)/C(=C/C(=O)OC)SC2=NC(=O)c2ccccc2Br)cc1. The van der Waals surface area contributed by atoms with E-state index in [-0.39, 0.29) is 16.7 Å². The zero-order valence-corrected chi connectivity index (χ0v) is 19.4. The maximum absolute atomic E-state index is 13.0. The molecule has 1 saturated heterocycles. The van der Waals surface area contributed by atoms with Crippen molar-refractivity contribution in [3.05, 3.63) is 75.1 Å². The molecule has 1 aliphatic heterocycles. The lowest BCUT2D eigenvalue weighted by molar-refractivity contribution is -0.135. The maximum atomic E-state index is 13.0. The Morgan fingerprint density at radius 1 is 1.12 bits per heavy atom. The third-order valence-electron chi connectivity index (χ3n) is 4.19. The first-order valence-corrected chi connectivity index (χ1v) is 10.9. The quantitative estimate of drug-likeness (QED) is 0.437. The highest BCUT2D eigenvalue weighted by molar-refractivity contribution is 9.10. The zero-order chi connectivity index (χ0) is 23.3.